The topological polar surface area (TPSA) is 80.2 Å². The van der Waals surface area contributed by atoms with Crippen LogP contribution in [0.15, 0.2) is 30.5 Å². The minimum absolute atomic E-state index is 0.0996. The molecule has 0 radical (unpaired) electrons. The monoisotopic (exact) mass is 465 g/mol. The van der Waals surface area contributed by atoms with Crippen LogP contribution in [0.4, 0.5) is 5.82 Å². The molecule has 1 saturated heterocycles. The molecule has 1 N–H and O–H groups in total. The minimum Gasteiger partial charge on any atom is -0.403 e. The van der Waals surface area contributed by atoms with Crippen LogP contribution in [-0.2, 0) is 9.53 Å². The van der Waals surface area contributed by atoms with E-state index in [0.29, 0.717) is 5.82 Å². The summed E-state index contributed by atoms with van der Waals surface area (Å²) in [6.45, 7) is 2.18. The van der Waals surface area contributed by atoms with E-state index in [4.69, 9.17) is 4.74 Å². The van der Waals surface area contributed by atoms with Crippen LogP contribution in [-0.4, -0.2) is 117 Å². The Labute approximate surface area is 212 Å². The third-order valence-electron chi connectivity index (χ3n) is 7.87. The second-order valence-corrected chi connectivity index (χ2v) is 12.3. The molecule has 3 aromatic rings. The van der Waals surface area contributed by atoms with E-state index in [1.165, 1.54) is 0 Å². The Balaban J connectivity index is 1.58. The van der Waals surface area contributed by atoms with E-state index in [-0.39, 0.29) is 23.1 Å². The van der Waals surface area contributed by atoms with Crippen LogP contribution in [0.5, 0.6) is 0 Å². The standard InChI is InChI=1S/C18H27B8N5O2S/c1-8-29-30-14(34-8)9-2-3-10-6-27-12(5-11(10)4-9)28-13(32)7-31-15(19,20)17(23,24)33-18(25,26)16(31,21)22/h2-6H,7,19-26H2,1H3,(H,27,28,32). The first-order valence-electron chi connectivity index (χ1n) is 11.6. The van der Waals surface area contributed by atoms with Gasteiger partial charge in [-0.15, -0.1) is 10.2 Å². The zero-order chi connectivity index (χ0) is 25.1. The van der Waals surface area contributed by atoms with Crippen molar-refractivity contribution in [3.63, 3.8) is 0 Å². The van der Waals surface area contributed by atoms with Crippen molar-refractivity contribution >= 4 is 96.6 Å². The van der Waals surface area contributed by atoms with Gasteiger partial charge in [-0.25, -0.2) is 4.98 Å². The summed E-state index contributed by atoms with van der Waals surface area (Å²) in [5.41, 5.74) is 1.00. The van der Waals surface area contributed by atoms with Crippen LogP contribution in [0, 0.1) is 6.92 Å². The van der Waals surface area contributed by atoms with Crippen molar-refractivity contribution in [1.82, 2.24) is 20.1 Å². The van der Waals surface area contributed by atoms with Gasteiger partial charge in [-0.3, -0.25) is 4.79 Å². The van der Waals surface area contributed by atoms with Crippen LogP contribution in [0.1, 0.15) is 5.01 Å². The van der Waals surface area contributed by atoms with Crippen LogP contribution < -0.4 is 5.32 Å². The maximum Gasteiger partial charge on any atom is 0.239 e. The Morgan fingerprint density at radius 2 is 1.65 bits per heavy atom. The summed E-state index contributed by atoms with van der Waals surface area (Å²) >= 11 is 1.56. The summed E-state index contributed by atoms with van der Waals surface area (Å²) in [5.74, 6) is 0.433. The van der Waals surface area contributed by atoms with Gasteiger partial charge in [0.25, 0.3) is 0 Å². The fourth-order valence-electron chi connectivity index (χ4n) is 4.71. The van der Waals surface area contributed by atoms with Gasteiger partial charge in [-0.05, 0) is 35.1 Å². The molecular weight excluding hydrogens is 437 g/mol. The second-order valence-electron chi connectivity index (χ2n) is 11.1. The molecule has 1 aromatic carbocycles. The van der Waals surface area contributed by atoms with E-state index in [1.54, 1.807) is 17.5 Å². The summed E-state index contributed by atoms with van der Waals surface area (Å²) in [5, 5.41) is 13.6. The number of ether oxygens (including phenoxy) is 1. The highest BCUT2D eigenvalue weighted by Crippen LogP contribution is 2.39. The summed E-state index contributed by atoms with van der Waals surface area (Å²) in [6.07, 6.45) is 1.79. The van der Waals surface area contributed by atoms with Crippen molar-refractivity contribution in [3.8, 4) is 10.6 Å². The van der Waals surface area contributed by atoms with Crippen molar-refractivity contribution in [1.29, 1.82) is 0 Å². The van der Waals surface area contributed by atoms with E-state index in [9.17, 15) is 4.79 Å². The quantitative estimate of drug-likeness (QED) is 0.388. The minimum atomic E-state index is -0.438. The molecule has 0 bridgehead atoms. The Morgan fingerprint density at radius 3 is 2.24 bits per heavy atom. The molecule has 4 rings (SSSR count). The predicted octanol–water partition coefficient (Wildman–Crippen LogP) is -5.99. The number of anilines is 1. The molecule has 1 aliphatic rings. The largest absolute Gasteiger partial charge is 0.403 e. The van der Waals surface area contributed by atoms with E-state index in [2.05, 4.69) is 94.2 Å². The molecule has 1 amide bonds. The van der Waals surface area contributed by atoms with Gasteiger partial charge in [0.1, 0.15) is 78.6 Å². The number of nitrogens with one attached hydrogen (secondary N) is 1. The van der Waals surface area contributed by atoms with Crippen LogP contribution in [0.25, 0.3) is 21.3 Å². The first-order chi connectivity index (χ1) is 15.6. The molecule has 1 fully saturated rings. The summed E-state index contributed by atoms with van der Waals surface area (Å²) in [6, 6.07) is 8.01. The molecule has 7 nitrogen and oxygen atoms in total. The van der Waals surface area contributed by atoms with Gasteiger partial charge in [0.05, 0.1) is 6.54 Å². The summed E-state index contributed by atoms with van der Waals surface area (Å²) in [7, 11) is 16.9. The van der Waals surface area contributed by atoms with Gasteiger partial charge >= 0.3 is 0 Å². The lowest BCUT2D eigenvalue weighted by molar-refractivity contribution is -0.131. The maximum atomic E-state index is 13.3. The van der Waals surface area contributed by atoms with Crippen molar-refractivity contribution < 1.29 is 9.53 Å². The smallest absolute Gasteiger partial charge is 0.239 e. The second kappa shape index (κ2) is 8.35. The number of fused-ring (bicyclic) bond motifs is 1. The highest BCUT2D eigenvalue weighted by molar-refractivity contribution is 7.14. The molecule has 3 heterocycles. The number of pyridine rings is 1. The molecule has 34 heavy (non-hydrogen) atoms. The van der Waals surface area contributed by atoms with Gasteiger partial charge in [0.15, 0.2) is 0 Å². The Morgan fingerprint density at radius 1 is 1.00 bits per heavy atom. The number of hydrogen-bond acceptors (Lipinski definition) is 7. The predicted molar refractivity (Wildman–Crippen MR) is 161 cm³/mol. The normalized spacial score (nSPS) is 20.6. The molecule has 16 heteroatoms. The SMILES string of the molecule is BC1(B)OC(B)(B)C(B)(B)N(CC(=O)Nc2cc3cc(-c4nnc(C)s4)ccc3cn2)C1(B)B. The number of amides is 1. The van der Waals surface area contributed by atoms with Crippen molar-refractivity contribution in [2.75, 3.05) is 11.9 Å². The Kier molecular flexibility index (Phi) is 6.19. The fraction of sp³-hybridized carbons (Fsp3) is 0.333. The van der Waals surface area contributed by atoms with E-state index in [1.807, 2.05) is 25.1 Å². The number of nitrogens with zero attached hydrogens (tertiary/aromatic N) is 4. The highest BCUT2D eigenvalue weighted by atomic mass is 32.1. The molecule has 2 aromatic heterocycles. The first-order valence-corrected chi connectivity index (χ1v) is 12.4. The number of morpholine rings is 1. The number of aromatic nitrogens is 3. The van der Waals surface area contributed by atoms with Gasteiger partial charge in [-0.2, -0.15) is 0 Å². The van der Waals surface area contributed by atoms with Crippen molar-refractivity contribution in [2.24, 2.45) is 0 Å². The van der Waals surface area contributed by atoms with Crippen molar-refractivity contribution in [2.45, 2.75) is 28.4 Å². The zero-order valence-electron chi connectivity index (χ0n) is 21.6. The highest BCUT2D eigenvalue weighted by Gasteiger charge is 2.58. The molecule has 0 spiro atoms. The summed E-state index contributed by atoms with van der Waals surface area (Å²) < 4.78 is 6.52. The Hall–Kier alpha value is -1.90. The molecule has 0 saturated carbocycles. The lowest BCUT2D eigenvalue weighted by atomic mass is 9.30. The Bertz CT molecular complexity index is 1240. The lowest BCUT2D eigenvalue weighted by Crippen LogP contribution is -2.86. The number of rotatable bonds is 4. The molecule has 0 unspecified atom stereocenters. The molecule has 1 aliphatic heterocycles. The fourth-order valence-corrected chi connectivity index (χ4v) is 5.40. The maximum absolute atomic E-state index is 13.3. The van der Waals surface area contributed by atoms with Crippen LogP contribution in [0.3, 0.4) is 0 Å². The van der Waals surface area contributed by atoms with Crippen LogP contribution in [0.2, 0.25) is 0 Å². The van der Waals surface area contributed by atoms with Gasteiger partial charge in [-0.1, -0.05) is 23.5 Å². The molecule has 166 valence electrons. The van der Waals surface area contributed by atoms with E-state index < -0.39 is 10.8 Å². The average molecular weight is 464 g/mol. The number of benzene rings is 1. The van der Waals surface area contributed by atoms with Crippen molar-refractivity contribution in [3.05, 3.63) is 35.5 Å². The van der Waals surface area contributed by atoms with Gasteiger partial charge in [0, 0.05) is 27.9 Å². The van der Waals surface area contributed by atoms with Gasteiger partial charge < -0.3 is 15.0 Å². The average Bonchev–Trinajstić information content (AvgIpc) is 3.16. The third kappa shape index (κ3) is 4.29. The number of aryl methyl sites for hydroxylation is 1. The van der Waals surface area contributed by atoms with Crippen LogP contribution >= 0.6 is 11.3 Å². The number of carbonyl (C=O) groups excluding carboxylic acids is 1. The molecular formula is C18H27B8N5O2S. The molecule has 0 atom stereocenters. The molecule has 0 aliphatic carbocycles. The third-order valence-corrected chi connectivity index (χ3v) is 8.76. The summed E-state index contributed by atoms with van der Waals surface area (Å²) in [4.78, 5) is 20.0. The van der Waals surface area contributed by atoms with E-state index >= 15 is 0 Å². The van der Waals surface area contributed by atoms with Gasteiger partial charge in [0.2, 0.25) is 5.91 Å². The number of hydrogen-bond donors (Lipinski definition) is 1. The lowest BCUT2D eigenvalue weighted by Gasteiger charge is -2.68. The zero-order valence-corrected chi connectivity index (χ0v) is 22.4. The first kappa shape index (κ1) is 25.2. The van der Waals surface area contributed by atoms with E-state index in [0.717, 1.165) is 26.4 Å². The number of carbonyl (C=O) groups is 1.